The Morgan fingerprint density at radius 2 is 1.68 bits per heavy atom. The largest absolute Gasteiger partial charge is 0.406 e. The van der Waals surface area contributed by atoms with Gasteiger partial charge < -0.3 is 9.74 Å². The molecular formula is C28H36N4O4Si. The van der Waals surface area contributed by atoms with E-state index in [0.29, 0.717) is 19.6 Å². The molecule has 2 atom stereocenters. The number of hydrogen-bond donors (Lipinski definition) is 1. The summed E-state index contributed by atoms with van der Waals surface area (Å²) in [7, 11) is -0.736. The first-order valence-corrected chi connectivity index (χ1v) is 14.5. The number of benzene rings is 2. The monoisotopic (exact) mass is 520 g/mol. The molecule has 2 heterocycles. The highest BCUT2D eigenvalue weighted by molar-refractivity contribution is 6.99. The SMILES string of the molecule is CC(=O)Nc1ccn(C[C@@H]2C[C@H](CO[Si](c3ccccc3)(c3ccccc3)C(C)(C)C)N(C)O2)c(=O)n1. The molecule has 1 aromatic heterocycles. The average molecular weight is 521 g/mol. The summed E-state index contributed by atoms with van der Waals surface area (Å²) in [6, 6.07) is 22.8. The Labute approximate surface area is 219 Å². The van der Waals surface area contributed by atoms with Crippen LogP contribution in [0.3, 0.4) is 0 Å². The maximum absolute atomic E-state index is 12.5. The van der Waals surface area contributed by atoms with Crippen molar-refractivity contribution in [3.63, 3.8) is 0 Å². The van der Waals surface area contributed by atoms with E-state index in [2.05, 4.69) is 79.6 Å². The quantitative estimate of drug-likeness (QED) is 0.460. The number of carbonyl (C=O) groups excluding carboxylic acids is 1. The smallest absolute Gasteiger partial charge is 0.349 e. The summed E-state index contributed by atoms with van der Waals surface area (Å²) in [6.07, 6.45) is 2.16. The standard InChI is InChI=1S/C28H36N4O4Si/c1-21(33)29-26-16-17-32(27(34)30-26)19-23-18-22(31(5)36-23)20-35-37(28(2,3)4,24-12-8-6-9-13-24)25-14-10-7-11-15-25/h6-17,22-23H,18-20H2,1-5H3,(H,29,30,33,34)/t22-,23+/m1/s1. The van der Waals surface area contributed by atoms with Crippen molar-refractivity contribution in [2.45, 2.75) is 57.8 Å². The number of nitrogens with one attached hydrogen (secondary N) is 1. The van der Waals surface area contributed by atoms with Gasteiger partial charge in [0.2, 0.25) is 5.91 Å². The van der Waals surface area contributed by atoms with E-state index in [0.717, 1.165) is 0 Å². The average Bonchev–Trinajstić information content (AvgIpc) is 3.20. The van der Waals surface area contributed by atoms with Crippen LogP contribution in [-0.4, -0.2) is 54.6 Å². The molecule has 1 N–H and O–H groups in total. The minimum absolute atomic E-state index is 0.0361. The van der Waals surface area contributed by atoms with Crippen LogP contribution in [0.2, 0.25) is 5.04 Å². The van der Waals surface area contributed by atoms with Gasteiger partial charge >= 0.3 is 5.69 Å². The van der Waals surface area contributed by atoms with Crippen LogP contribution < -0.4 is 21.4 Å². The predicted molar refractivity (Wildman–Crippen MR) is 147 cm³/mol. The number of hydrogen-bond acceptors (Lipinski definition) is 6. The number of likely N-dealkylation sites (N-methyl/N-ethyl adjacent to an activating group) is 1. The van der Waals surface area contributed by atoms with Gasteiger partial charge in [-0.25, -0.2) is 4.79 Å². The van der Waals surface area contributed by atoms with Gasteiger partial charge in [0.05, 0.1) is 25.3 Å². The van der Waals surface area contributed by atoms with Crippen LogP contribution >= 0.6 is 0 Å². The molecule has 0 spiro atoms. The second kappa shape index (κ2) is 11.1. The number of amides is 1. The minimum Gasteiger partial charge on any atom is -0.406 e. The van der Waals surface area contributed by atoms with Crippen LogP contribution in [0.1, 0.15) is 34.1 Å². The summed E-state index contributed by atoms with van der Waals surface area (Å²) >= 11 is 0. The van der Waals surface area contributed by atoms with Crippen LogP contribution in [-0.2, 0) is 20.6 Å². The van der Waals surface area contributed by atoms with Crippen molar-refractivity contribution in [3.8, 4) is 0 Å². The maximum atomic E-state index is 12.5. The van der Waals surface area contributed by atoms with Crippen LogP contribution in [0, 0.1) is 0 Å². The second-order valence-electron chi connectivity index (χ2n) is 10.6. The van der Waals surface area contributed by atoms with Crippen LogP contribution in [0.25, 0.3) is 0 Å². The number of anilines is 1. The molecule has 3 aromatic rings. The topological polar surface area (TPSA) is 85.7 Å². The predicted octanol–water partition coefficient (Wildman–Crippen LogP) is 2.78. The van der Waals surface area contributed by atoms with Gasteiger partial charge in [0.1, 0.15) is 5.82 Å². The van der Waals surface area contributed by atoms with Gasteiger partial charge in [-0.1, -0.05) is 81.4 Å². The Balaban J connectivity index is 1.53. The van der Waals surface area contributed by atoms with E-state index in [1.54, 1.807) is 12.3 Å². The fraction of sp³-hybridized carbons (Fsp3) is 0.393. The Bertz CT molecular complexity index is 1220. The third kappa shape index (κ3) is 5.91. The Hall–Kier alpha value is -3.11. The lowest BCUT2D eigenvalue weighted by Crippen LogP contribution is -2.67. The molecule has 8 nitrogen and oxygen atoms in total. The Morgan fingerprint density at radius 3 is 2.19 bits per heavy atom. The lowest BCUT2D eigenvalue weighted by molar-refractivity contribution is -0.150. The third-order valence-electron chi connectivity index (χ3n) is 6.85. The van der Waals surface area contributed by atoms with E-state index in [4.69, 9.17) is 9.26 Å². The Morgan fingerprint density at radius 1 is 1.08 bits per heavy atom. The first kappa shape index (κ1) is 26.9. The van der Waals surface area contributed by atoms with Crippen molar-refractivity contribution in [1.82, 2.24) is 14.6 Å². The lowest BCUT2D eigenvalue weighted by Gasteiger charge is -2.43. The molecular weight excluding hydrogens is 484 g/mol. The number of aromatic nitrogens is 2. The van der Waals surface area contributed by atoms with Crippen molar-refractivity contribution in [2.24, 2.45) is 0 Å². The Kier molecular flexibility index (Phi) is 8.08. The maximum Gasteiger partial charge on any atom is 0.349 e. The summed E-state index contributed by atoms with van der Waals surface area (Å²) in [5.41, 5.74) is -0.426. The molecule has 1 amide bonds. The van der Waals surface area contributed by atoms with Crippen LogP contribution in [0.5, 0.6) is 0 Å². The number of nitrogens with zero attached hydrogens (tertiary/aromatic N) is 3. The molecule has 196 valence electrons. The molecule has 0 bridgehead atoms. The van der Waals surface area contributed by atoms with Crippen molar-refractivity contribution in [1.29, 1.82) is 0 Å². The molecule has 0 saturated carbocycles. The van der Waals surface area contributed by atoms with E-state index in [1.807, 2.05) is 24.2 Å². The van der Waals surface area contributed by atoms with Gasteiger partial charge in [0.15, 0.2) is 0 Å². The molecule has 1 aliphatic heterocycles. The van der Waals surface area contributed by atoms with E-state index in [1.165, 1.54) is 21.9 Å². The molecule has 9 heteroatoms. The zero-order valence-electron chi connectivity index (χ0n) is 22.2. The first-order valence-electron chi connectivity index (χ1n) is 12.6. The molecule has 0 radical (unpaired) electrons. The zero-order chi connectivity index (χ0) is 26.6. The molecule has 37 heavy (non-hydrogen) atoms. The number of rotatable bonds is 8. The van der Waals surface area contributed by atoms with Crippen molar-refractivity contribution in [3.05, 3.63) is 83.4 Å². The molecule has 2 aromatic carbocycles. The zero-order valence-corrected chi connectivity index (χ0v) is 23.2. The number of carbonyl (C=O) groups is 1. The van der Waals surface area contributed by atoms with Gasteiger partial charge in [-0.2, -0.15) is 10.0 Å². The summed E-state index contributed by atoms with van der Waals surface area (Å²) < 4.78 is 8.60. The van der Waals surface area contributed by atoms with Crippen molar-refractivity contribution < 1.29 is 14.1 Å². The second-order valence-corrected chi connectivity index (χ2v) is 14.9. The van der Waals surface area contributed by atoms with Crippen molar-refractivity contribution >= 4 is 30.4 Å². The molecule has 1 saturated heterocycles. The lowest BCUT2D eigenvalue weighted by atomic mass is 10.1. The molecule has 0 unspecified atom stereocenters. The highest BCUT2D eigenvalue weighted by Gasteiger charge is 2.50. The van der Waals surface area contributed by atoms with E-state index in [9.17, 15) is 9.59 Å². The van der Waals surface area contributed by atoms with E-state index in [-0.39, 0.29) is 28.9 Å². The van der Waals surface area contributed by atoms with E-state index >= 15 is 0 Å². The highest BCUT2D eigenvalue weighted by atomic mass is 28.4. The first-order chi connectivity index (χ1) is 17.6. The minimum atomic E-state index is -2.65. The fourth-order valence-electron chi connectivity index (χ4n) is 5.12. The molecule has 4 rings (SSSR count). The molecule has 1 fully saturated rings. The van der Waals surface area contributed by atoms with E-state index < -0.39 is 14.0 Å². The van der Waals surface area contributed by atoms with Gasteiger partial charge in [-0.3, -0.25) is 14.2 Å². The highest BCUT2D eigenvalue weighted by Crippen LogP contribution is 2.37. The summed E-state index contributed by atoms with van der Waals surface area (Å²) in [5.74, 6) is -0.0241. The van der Waals surface area contributed by atoms with Gasteiger partial charge in [-0.05, 0) is 27.9 Å². The summed E-state index contributed by atoms with van der Waals surface area (Å²) in [4.78, 5) is 33.8. The van der Waals surface area contributed by atoms with Crippen molar-refractivity contribution in [2.75, 3.05) is 19.0 Å². The van der Waals surface area contributed by atoms with Gasteiger partial charge in [0, 0.05) is 20.2 Å². The molecule has 0 aliphatic carbocycles. The number of hydroxylamine groups is 2. The molecule has 1 aliphatic rings. The third-order valence-corrected chi connectivity index (χ3v) is 11.9. The fourth-order valence-corrected chi connectivity index (χ4v) is 9.71. The van der Waals surface area contributed by atoms with Crippen LogP contribution in [0.4, 0.5) is 5.82 Å². The normalized spacial score (nSPS) is 18.6. The van der Waals surface area contributed by atoms with Crippen LogP contribution in [0.15, 0.2) is 77.7 Å². The summed E-state index contributed by atoms with van der Waals surface area (Å²) in [6.45, 7) is 9.05. The van der Waals surface area contributed by atoms with Gasteiger partial charge in [-0.15, -0.1) is 0 Å². The summed E-state index contributed by atoms with van der Waals surface area (Å²) in [5, 5.41) is 6.76. The van der Waals surface area contributed by atoms with Gasteiger partial charge in [0.25, 0.3) is 8.32 Å².